The second-order valence-corrected chi connectivity index (χ2v) is 10.8. The van der Waals surface area contributed by atoms with Gasteiger partial charge in [-0.3, -0.25) is 14.3 Å². The number of nitrogens with one attached hydrogen (secondary N) is 1. The minimum atomic E-state index is -3.33. The van der Waals surface area contributed by atoms with E-state index in [0.717, 1.165) is 11.6 Å². The molecule has 5 rings (SSSR count). The molecule has 5 aromatic rings. The van der Waals surface area contributed by atoms with E-state index in [1.807, 2.05) is 12.1 Å². The number of benzene rings is 2. The van der Waals surface area contributed by atoms with Gasteiger partial charge in [0.15, 0.2) is 27.2 Å². The lowest BCUT2D eigenvalue weighted by Crippen LogP contribution is -2.03. The van der Waals surface area contributed by atoms with Crippen molar-refractivity contribution < 1.29 is 18.3 Å². The van der Waals surface area contributed by atoms with Crippen LogP contribution in [0.25, 0.3) is 22.2 Å². The Hall–Kier alpha value is -3.93. The van der Waals surface area contributed by atoms with E-state index >= 15 is 0 Å². The third-order valence-corrected chi connectivity index (χ3v) is 7.06. The molecule has 0 bridgehead atoms. The van der Waals surface area contributed by atoms with E-state index < -0.39 is 9.84 Å². The smallest absolute Gasteiger partial charge is 0.175 e. The van der Waals surface area contributed by atoms with Crippen LogP contribution in [-0.4, -0.2) is 50.9 Å². The van der Waals surface area contributed by atoms with Gasteiger partial charge in [0, 0.05) is 42.7 Å². The van der Waals surface area contributed by atoms with Gasteiger partial charge in [0.2, 0.25) is 0 Å². The highest BCUT2D eigenvalue weighted by molar-refractivity contribution is 7.90. The monoisotopic (exact) mass is 538 g/mol. The average Bonchev–Trinajstić information content (AvgIpc) is 3.43. The second-order valence-electron chi connectivity index (χ2n) is 8.33. The predicted molar refractivity (Wildman–Crippen MR) is 141 cm³/mol. The second kappa shape index (κ2) is 9.85. The van der Waals surface area contributed by atoms with Crippen molar-refractivity contribution in [3.05, 3.63) is 72.0 Å². The topological polar surface area (TPSA) is 124 Å². The lowest BCUT2D eigenvalue weighted by atomic mass is 10.1. The predicted octanol–water partition coefficient (Wildman–Crippen LogP) is 4.42. The highest BCUT2D eigenvalue weighted by atomic mass is 35.5. The van der Waals surface area contributed by atoms with Crippen LogP contribution in [0.2, 0.25) is 5.02 Å². The van der Waals surface area contributed by atoms with Crippen molar-refractivity contribution in [2.24, 2.45) is 7.05 Å². The number of halogens is 1. The van der Waals surface area contributed by atoms with E-state index in [1.165, 1.54) is 12.1 Å². The lowest BCUT2D eigenvalue weighted by Gasteiger charge is -2.12. The van der Waals surface area contributed by atoms with Gasteiger partial charge < -0.3 is 15.2 Å². The first-order valence-corrected chi connectivity index (χ1v) is 13.5. The maximum Gasteiger partial charge on any atom is 0.175 e. The Kier molecular flexibility index (Phi) is 6.59. The maximum absolute atomic E-state index is 11.8. The van der Waals surface area contributed by atoms with E-state index in [-0.39, 0.29) is 11.5 Å². The number of ether oxygens (including phenoxy) is 1. The van der Waals surface area contributed by atoms with Crippen molar-refractivity contribution in [3.63, 3.8) is 0 Å². The summed E-state index contributed by atoms with van der Waals surface area (Å²) in [6.45, 7) is 0.358. The van der Waals surface area contributed by atoms with Crippen LogP contribution in [0.3, 0.4) is 0 Å². The van der Waals surface area contributed by atoms with Crippen molar-refractivity contribution in [1.29, 1.82) is 0 Å². The number of aliphatic hydroxyl groups excluding tert-OH is 1. The van der Waals surface area contributed by atoms with Crippen LogP contribution in [0.1, 0.15) is 0 Å². The maximum atomic E-state index is 11.8. The molecule has 0 fully saturated rings. The van der Waals surface area contributed by atoms with Crippen LogP contribution in [0.5, 0.6) is 11.5 Å². The summed E-state index contributed by atoms with van der Waals surface area (Å²) in [7, 11) is -1.54. The summed E-state index contributed by atoms with van der Waals surface area (Å²) in [6, 6.07) is 15.3. The summed E-state index contributed by atoms with van der Waals surface area (Å²) in [5.74, 6) is 2.04. The molecule has 2 N–H and O–H groups in total. The number of rotatable bonds is 8. The van der Waals surface area contributed by atoms with E-state index in [4.69, 9.17) is 16.3 Å². The first-order valence-electron chi connectivity index (χ1n) is 11.2. The Balaban J connectivity index is 1.62. The summed E-state index contributed by atoms with van der Waals surface area (Å²) >= 11 is 6.46. The lowest BCUT2D eigenvalue weighted by molar-refractivity contribution is 0.269. The van der Waals surface area contributed by atoms with Gasteiger partial charge in [-0.15, -0.1) is 0 Å². The van der Waals surface area contributed by atoms with E-state index in [0.29, 0.717) is 51.5 Å². The largest absolute Gasteiger partial charge is 0.455 e. The third kappa shape index (κ3) is 5.15. The Bertz CT molecular complexity index is 1700. The number of aryl methyl sites for hydroxylation is 1. The number of fused-ring (bicyclic) bond motifs is 1. The zero-order chi connectivity index (χ0) is 26.2. The number of anilines is 2. The normalized spacial score (nSPS) is 11.7. The molecule has 37 heavy (non-hydrogen) atoms. The van der Waals surface area contributed by atoms with Crippen molar-refractivity contribution in [1.82, 2.24) is 24.5 Å². The summed E-state index contributed by atoms with van der Waals surface area (Å²) < 4.78 is 33.2. The van der Waals surface area contributed by atoms with Gasteiger partial charge in [-0.1, -0.05) is 11.6 Å². The van der Waals surface area contributed by atoms with Gasteiger partial charge in [-0.25, -0.2) is 8.42 Å². The quantitative estimate of drug-likeness (QED) is 0.297. The van der Waals surface area contributed by atoms with Crippen molar-refractivity contribution in [2.75, 3.05) is 18.2 Å². The zero-order valence-corrected chi connectivity index (χ0v) is 21.5. The molecule has 0 saturated carbocycles. The number of hydrogen-bond donors (Lipinski definition) is 2. The minimum absolute atomic E-state index is 0.0201. The van der Waals surface area contributed by atoms with Gasteiger partial charge >= 0.3 is 0 Å². The molecule has 2 aromatic carbocycles. The van der Waals surface area contributed by atoms with Gasteiger partial charge in [0.05, 0.1) is 28.8 Å². The summed E-state index contributed by atoms with van der Waals surface area (Å²) in [5, 5.41) is 22.7. The molecule has 3 aromatic heterocycles. The Labute approximate surface area is 218 Å². The van der Waals surface area contributed by atoms with Crippen LogP contribution >= 0.6 is 11.6 Å². The SMILES string of the molecule is Cn1nc(Nc2ccn(CCO)n2)c2cc(-c3ncccc3Cl)cc(Oc3ccc(S(C)(=O)=O)cc3)c21. The fourth-order valence-electron chi connectivity index (χ4n) is 3.94. The van der Waals surface area contributed by atoms with Crippen LogP contribution in [0.15, 0.2) is 71.9 Å². The highest BCUT2D eigenvalue weighted by Gasteiger charge is 2.19. The van der Waals surface area contributed by atoms with Crippen LogP contribution in [-0.2, 0) is 23.4 Å². The van der Waals surface area contributed by atoms with Crippen LogP contribution in [0, 0.1) is 0 Å². The minimum Gasteiger partial charge on any atom is -0.455 e. The molecule has 10 nitrogen and oxygen atoms in total. The first-order chi connectivity index (χ1) is 17.7. The molecule has 3 heterocycles. The third-order valence-electron chi connectivity index (χ3n) is 5.63. The van der Waals surface area contributed by atoms with E-state index in [2.05, 4.69) is 20.5 Å². The Morgan fingerprint density at radius 3 is 2.59 bits per heavy atom. The fourth-order valence-corrected chi connectivity index (χ4v) is 4.80. The number of nitrogens with zero attached hydrogens (tertiary/aromatic N) is 5. The molecular weight excluding hydrogens is 516 g/mol. The summed E-state index contributed by atoms with van der Waals surface area (Å²) in [4.78, 5) is 4.65. The number of sulfone groups is 1. The molecule has 0 aliphatic carbocycles. The van der Waals surface area contributed by atoms with Gasteiger partial charge in [-0.05, 0) is 48.5 Å². The molecular formula is C25H23ClN6O4S. The van der Waals surface area contributed by atoms with Gasteiger partial charge in [0.1, 0.15) is 11.3 Å². The Morgan fingerprint density at radius 2 is 1.89 bits per heavy atom. The van der Waals surface area contributed by atoms with E-state index in [1.54, 1.807) is 59.1 Å². The van der Waals surface area contributed by atoms with Crippen molar-refractivity contribution >= 4 is 44.0 Å². The highest BCUT2D eigenvalue weighted by Crippen LogP contribution is 2.39. The molecule has 0 atom stereocenters. The standard InChI is InChI=1S/C25H23ClN6O4S/c1-31-24-19(25(30-31)28-22-9-11-32(29-22)12-13-33)14-16(23-20(26)4-3-10-27-23)15-21(24)36-17-5-7-18(8-6-17)37(2,34)35/h3-11,14-15,33H,12-13H2,1-2H3,(H,28,29,30). The molecule has 0 saturated heterocycles. The van der Waals surface area contributed by atoms with Crippen molar-refractivity contribution in [3.8, 4) is 22.8 Å². The number of hydrogen-bond acceptors (Lipinski definition) is 8. The summed E-state index contributed by atoms with van der Waals surface area (Å²) in [5.41, 5.74) is 1.98. The van der Waals surface area contributed by atoms with E-state index in [9.17, 15) is 13.5 Å². The van der Waals surface area contributed by atoms with Crippen molar-refractivity contribution in [2.45, 2.75) is 11.4 Å². The average molecular weight is 539 g/mol. The number of aliphatic hydroxyl groups is 1. The van der Waals surface area contributed by atoms with Gasteiger partial charge in [-0.2, -0.15) is 10.2 Å². The molecule has 0 unspecified atom stereocenters. The van der Waals surface area contributed by atoms with Crippen LogP contribution < -0.4 is 10.1 Å². The fraction of sp³-hybridized carbons (Fsp3) is 0.160. The number of aromatic nitrogens is 5. The zero-order valence-electron chi connectivity index (χ0n) is 20.0. The van der Waals surface area contributed by atoms with Gasteiger partial charge in [0.25, 0.3) is 0 Å². The molecule has 0 aliphatic rings. The summed E-state index contributed by atoms with van der Waals surface area (Å²) in [6.07, 6.45) is 4.58. The Morgan fingerprint density at radius 1 is 1.11 bits per heavy atom. The molecule has 0 radical (unpaired) electrons. The number of pyridine rings is 1. The first kappa shape index (κ1) is 24.8. The molecule has 0 aliphatic heterocycles. The van der Waals surface area contributed by atoms with Crippen LogP contribution in [0.4, 0.5) is 11.6 Å². The molecule has 0 amide bonds. The molecule has 0 spiro atoms. The molecule has 12 heteroatoms. The molecule has 190 valence electrons.